The zero-order valence-corrected chi connectivity index (χ0v) is 16.1. The molecule has 1 heterocycles. The summed E-state index contributed by atoms with van der Waals surface area (Å²) in [6.07, 6.45) is 3.14. The Morgan fingerprint density at radius 2 is 2.04 bits per heavy atom. The van der Waals surface area contributed by atoms with Crippen molar-refractivity contribution in [2.45, 2.75) is 30.0 Å². The lowest BCUT2D eigenvalue weighted by Crippen LogP contribution is -2.51. The van der Waals surface area contributed by atoms with Crippen LogP contribution in [0.1, 0.15) is 24.8 Å². The van der Waals surface area contributed by atoms with Crippen LogP contribution in [0, 0.1) is 0 Å². The number of fused-ring (bicyclic) bond motifs is 1. The van der Waals surface area contributed by atoms with E-state index in [2.05, 4.69) is 22.4 Å². The SMILES string of the molecule is Cn1c(SCC(=O)NC2(c3ccccc3)CCC2)nc2cc(Cl)ccc21. The minimum Gasteiger partial charge on any atom is -0.346 e. The van der Waals surface area contributed by atoms with Gasteiger partial charge in [0.25, 0.3) is 0 Å². The Balaban J connectivity index is 1.45. The van der Waals surface area contributed by atoms with Crippen molar-refractivity contribution in [2.24, 2.45) is 7.05 Å². The molecule has 1 aliphatic rings. The van der Waals surface area contributed by atoms with Gasteiger partial charge in [-0.05, 0) is 43.0 Å². The predicted molar refractivity (Wildman–Crippen MR) is 107 cm³/mol. The highest BCUT2D eigenvalue weighted by atomic mass is 35.5. The van der Waals surface area contributed by atoms with Gasteiger partial charge in [-0.3, -0.25) is 4.79 Å². The molecule has 0 aliphatic heterocycles. The third-order valence-electron chi connectivity index (χ3n) is 5.05. The third kappa shape index (κ3) is 3.21. The van der Waals surface area contributed by atoms with Gasteiger partial charge in [-0.15, -0.1) is 0 Å². The largest absolute Gasteiger partial charge is 0.346 e. The second-order valence-electron chi connectivity index (χ2n) is 6.72. The number of rotatable bonds is 5. The number of nitrogens with zero attached hydrogens (tertiary/aromatic N) is 2. The van der Waals surface area contributed by atoms with E-state index in [4.69, 9.17) is 11.6 Å². The summed E-state index contributed by atoms with van der Waals surface area (Å²) in [5, 5.41) is 4.75. The summed E-state index contributed by atoms with van der Waals surface area (Å²) in [5.74, 6) is 0.392. The number of imidazole rings is 1. The van der Waals surface area contributed by atoms with Gasteiger partial charge in [-0.2, -0.15) is 0 Å². The molecule has 1 N–H and O–H groups in total. The Bertz CT molecular complexity index is 950. The van der Waals surface area contributed by atoms with Crippen LogP contribution in [-0.4, -0.2) is 21.2 Å². The van der Waals surface area contributed by atoms with Crippen LogP contribution in [0.3, 0.4) is 0 Å². The first kappa shape index (κ1) is 17.4. The Labute approximate surface area is 161 Å². The van der Waals surface area contributed by atoms with Crippen LogP contribution in [0.2, 0.25) is 5.02 Å². The van der Waals surface area contributed by atoms with Crippen molar-refractivity contribution in [1.82, 2.24) is 14.9 Å². The van der Waals surface area contributed by atoms with Gasteiger partial charge in [0, 0.05) is 12.1 Å². The quantitative estimate of drug-likeness (QED) is 0.657. The molecule has 0 unspecified atom stereocenters. The first-order valence-corrected chi connectivity index (χ1v) is 10.1. The molecule has 1 amide bonds. The fourth-order valence-electron chi connectivity index (χ4n) is 3.49. The van der Waals surface area contributed by atoms with E-state index in [9.17, 15) is 4.79 Å². The van der Waals surface area contributed by atoms with E-state index < -0.39 is 0 Å². The summed E-state index contributed by atoms with van der Waals surface area (Å²) >= 11 is 7.49. The molecule has 1 fully saturated rings. The van der Waals surface area contributed by atoms with Gasteiger partial charge in [0.05, 0.1) is 22.3 Å². The number of aromatic nitrogens is 2. The monoisotopic (exact) mass is 385 g/mol. The zero-order valence-electron chi connectivity index (χ0n) is 14.5. The summed E-state index contributed by atoms with van der Waals surface area (Å²) in [7, 11) is 1.96. The molecular weight excluding hydrogens is 366 g/mol. The zero-order chi connectivity index (χ0) is 18.1. The lowest BCUT2D eigenvalue weighted by atomic mass is 9.72. The van der Waals surface area contributed by atoms with E-state index in [0.717, 1.165) is 35.5 Å². The van der Waals surface area contributed by atoms with Crippen molar-refractivity contribution in [1.29, 1.82) is 0 Å². The van der Waals surface area contributed by atoms with Crippen molar-refractivity contribution in [3.63, 3.8) is 0 Å². The highest BCUT2D eigenvalue weighted by Crippen LogP contribution is 2.41. The standard InChI is InChI=1S/C20H20ClN3OS/c1-24-17-9-8-15(21)12-16(17)22-19(24)26-13-18(25)23-20(10-5-11-20)14-6-3-2-4-7-14/h2-4,6-9,12H,5,10-11,13H2,1H3,(H,23,25). The van der Waals surface area contributed by atoms with Gasteiger partial charge in [0.15, 0.2) is 5.16 Å². The number of amides is 1. The van der Waals surface area contributed by atoms with Crippen LogP contribution in [0.5, 0.6) is 0 Å². The number of thioether (sulfide) groups is 1. The lowest BCUT2D eigenvalue weighted by Gasteiger charge is -2.43. The van der Waals surface area contributed by atoms with Crippen molar-refractivity contribution in [3.8, 4) is 0 Å². The molecule has 1 aliphatic carbocycles. The maximum absolute atomic E-state index is 12.6. The fraction of sp³-hybridized carbons (Fsp3) is 0.300. The molecule has 134 valence electrons. The summed E-state index contributed by atoms with van der Waals surface area (Å²) < 4.78 is 2.00. The van der Waals surface area contributed by atoms with E-state index in [1.807, 2.05) is 48.0 Å². The number of halogens is 1. The Morgan fingerprint density at radius 1 is 1.27 bits per heavy atom. The number of hydrogen-bond donors (Lipinski definition) is 1. The van der Waals surface area contributed by atoms with Crippen LogP contribution in [0.25, 0.3) is 11.0 Å². The molecule has 0 bridgehead atoms. The maximum Gasteiger partial charge on any atom is 0.231 e. The van der Waals surface area contributed by atoms with Gasteiger partial charge in [0.2, 0.25) is 5.91 Å². The van der Waals surface area contributed by atoms with E-state index in [0.29, 0.717) is 10.8 Å². The van der Waals surface area contributed by atoms with Gasteiger partial charge < -0.3 is 9.88 Å². The summed E-state index contributed by atoms with van der Waals surface area (Å²) in [5.41, 5.74) is 2.86. The number of carbonyl (C=O) groups is 1. The second-order valence-corrected chi connectivity index (χ2v) is 8.10. The summed E-state index contributed by atoms with van der Waals surface area (Å²) in [6, 6.07) is 15.9. The van der Waals surface area contributed by atoms with Gasteiger partial charge >= 0.3 is 0 Å². The lowest BCUT2D eigenvalue weighted by molar-refractivity contribution is -0.121. The smallest absolute Gasteiger partial charge is 0.231 e. The van der Waals surface area contributed by atoms with Gasteiger partial charge in [-0.25, -0.2) is 4.98 Å². The van der Waals surface area contributed by atoms with Gasteiger partial charge in [0.1, 0.15) is 0 Å². The van der Waals surface area contributed by atoms with Crippen molar-refractivity contribution >= 4 is 40.3 Å². The van der Waals surface area contributed by atoms with E-state index in [1.54, 1.807) is 0 Å². The molecule has 6 heteroatoms. The fourth-order valence-corrected chi connectivity index (χ4v) is 4.44. The number of hydrogen-bond acceptors (Lipinski definition) is 3. The molecule has 4 nitrogen and oxygen atoms in total. The van der Waals surface area contributed by atoms with Crippen LogP contribution in [0.4, 0.5) is 0 Å². The molecule has 2 aromatic carbocycles. The Hall–Kier alpha value is -1.98. The molecule has 1 saturated carbocycles. The number of nitrogens with one attached hydrogen (secondary N) is 1. The topological polar surface area (TPSA) is 46.9 Å². The normalized spacial score (nSPS) is 15.6. The molecule has 0 radical (unpaired) electrons. The summed E-state index contributed by atoms with van der Waals surface area (Å²) in [6.45, 7) is 0. The minimum atomic E-state index is -0.196. The summed E-state index contributed by atoms with van der Waals surface area (Å²) in [4.78, 5) is 17.2. The van der Waals surface area contributed by atoms with E-state index >= 15 is 0 Å². The van der Waals surface area contributed by atoms with Crippen molar-refractivity contribution in [3.05, 3.63) is 59.1 Å². The molecule has 0 saturated heterocycles. The van der Waals surface area contributed by atoms with Crippen LogP contribution in [-0.2, 0) is 17.4 Å². The molecular formula is C20H20ClN3OS. The van der Waals surface area contributed by atoms with Crippen LogP contribution >= 0.6 is 23.4 Å². The Kier molecular flexibility index (Phi) is 4.67. The molecule has 1 aromatic heterocycles. The molecule has 0 atom stereocenters. The first-order chi connectivity index (χ1) is 12.6. The molecule has 26 heavy (non-hydrogen) atoms. The maximum atomic E-state index is 12.6. The average Bonchev–Trinajstić information content (AvgIpc) is 2.92. The molecule has 3 aromatic rings. The minimum absolute atomic E-state index is 0.0450. The highest BCUT2D eigenvalue weighted by molar-refractivity contribution is 7.99. The molecule has 0 spiro atoms. The van der Waals surface area contributed by atoms with E-state index in [-0.39, 0.29) is 11.4 Å². The highest BCUT2D eigenvalue weighted by Gasteiger charge is 2.39. The Morgan fingerprint density at radius 3 is 2.73 bits per heavy atom. The van der Waals surface area contributed by atoms with E-state index in [1.165, 1.54) is 17.3 Å². The number of aryl methyl sites for hydroxylation is 1. The predicted octanol–water partition coefficient (Wildman–Crippen LogP) is 4.51. The first-order valence-electron chi connectivity index (χ1n) is 8.69. The van der Waals surface area contributed by atoms with Crippen LogP contribution < -0.4 is 5.32 Å². The molecule has 4 rings (SSSR count). The van der Waals surface area contributed by atoms with Crippen LogP contribution in [0.15, 0.2) is 53.7 Å². The average molecular weight is 386 g/mol. The van der Waals surface area contributed by atoms with Crippen molar-refractivity contribution in [2.75, 3.05) is 5.75 Å². The number of carbonyl (C=O) groups excluding carboxylic acids is 1. The number of benzene rings is 2. The second kappa shape index (κ2) is 6.97. The third-order valence-corrected chi connectivity index (χ3v) is 6.31. The van der Waals surface area contributed by atoms with Gasteiger partial charge in [-0.1, -0.05) is 53.7 Å². The van der Waals surface area contributed by atoms with Crippen molar-refractivity contribution < 1.29 is 4.79 Å².